The van der Waals surface area contributed by atoms with Crippen LogP contribution in [0.5, 0.6) is 0 Å². The Morgan fingerprint density at radius 2 is 1.68 bits per heavy atom. The van der Waals surface area contributed by atoms with E-state index >= 15 is 0 Å². The minimum atomic E-state index is -0.663. The van der Waals surface area contributed by atoms with Gasteiger partial charge in [-0.2, -0.15) is 0 Å². The summed E-state index contributed by atoms with van der Waals surface area (Å²) in [4.78, 5) is 25.9. The van der Waals surface area contributed by atoms with Crippen LogP contribution >= 0.6 is 0 Å². The first-order chi connectivity index (χ1) is 14.9. The molecule has 0 spiro atoms. The lowest BCUT2D eigenvalue weighted by molar-refractivity contribution is -0.123. The molecule has 2 amide bonds. The molecule has 0 saturated heterocycles. The fourth-order valence-electron chi connectivity index (χ4n) is 3.87. The van der Waals surface area contributed by atoms with Crippen LogP contribution in [0.1, 0.15) is 48.5 Å². The molecule has 31 heavy (non-hydrogen) atoms. The molecule has 7 nitrogen and oxygen atoms in total. The molecule has 0 aliphatic heterocycles. The monoisotopic (exact) mass is 421 g/mol. The van der Waals surface area contributed by atoms with Crippen molar-refractivity contribution in [3.8, 4) is 0 Å². The van der Waals surface area contributed by atoms with Crippen molar-refractivity contribution in [3.63, 3.8) is 0 Å². The molecule has 0 radical (unpaired) electrons. The summed E-state index contributed by atoms with van der Waals surface area (Å²) in [6.45, 7) is 2.24. The smallest absolute Gasteiger partial charge is 0.251 e. The highest BCUT2D eigenvalue weighted by Gasteiger charge is 2.26. The van der Waals surface area contributed by atoms with Gasteiger partial charge in [0.1, 0.15) is 6.04 Å². The van der Waals surface area contributed by atoms with E-state index in [4.69, 9.17) is 11.1 Å². The number of carbonyl (C=O) groups is 2. The highest BCUT2D eigenvalue weighted by molar-refractivity contribution is 5.98. The summed E-state index contributed by atoms with van der Waals surface area (Å²) in [7, 11) is 0. The Labute approximate surface area is 183 Å². The van der Waals surface area contributed by atoms with Gasteiger partial charge >= 0.3 is 0 Å². The van der Waals surface area contributed by atoms with Gasteiger partial charge in [-0.1, -0.05) is 37.3 Å². The van der Waals surface area contributed by atoms with Crippen LogP contribution in [-0.2, 0) is 11.2 Å². The van der Waals surface area contributed by atoms with Crippen molar-refractivity contribution >= 4 is 23.5 Å². The Balaban J connectivity index is 1.68. The molecule has 0 aromatic heterocycles. The van der Waals surface area contributed by atoms with Crippen LogP contribution in [0.15, 0.2) is 54.6 Å². The number of carbonyl (C=O) groups excluding carboxylic acids is 2. The lowest BCUT2D eigenvalue weighted by atomic mass is 9.87. The van der Waals surface area contributed by atoms with E-state index in [9.17, 15) is 9.59 Å². The van der Waals surface area contributed by atoms with Gasteiger partial charge in [-0.25, -0.2) is 0 Å². The van der Waals surface area contributed by atoms with Gasteiger partial charge in [0, 0.05) is 23.7 Å². The van der Waals surface area contributed by atoms with E-state index in [1.165, 1.54) is 0 Å². The zero-order chi connectivity index (χ0) is 22.2. The zero-order valence-electron chi connectivity index (χ0n) is 17.9. The molecular formula is C24H31N5O2. The number of anilines is 1. The van der Waals surface area contributed by atoms with E-state index in [2.05, 4.69) is 22.9 Å². The van der Waals surface area contributed by atoms with E-state index in [0.29, 0.717) is 23.6 Å². The molecule has 7 heteroatoms. The number of amides is 2. The SMILES string of the molecule is CC1CCC(NC(=O)[C@H](Cc2ccccc2)NC(=O)c2ccc(NC(=N)N)cc2)CC1. The highest BCUT2D eigenvalue weighted by Crippen LogP contribution is 2.23. The minimum absolute atomic E-state index is 0.147. The number of benzene rings is 2. The molecule has 1 saturated carbocycles. The molecule has 0 bridgehead atoms. The maximum Gasteiger partial charge on any atom is 0.251 e. The predicted molar refractivity (Wildman–Crippen MR) is 123 cm³/mol. The normalized spacial score (nSPS) is 19.1. The summed E-state index contributed by atoms with van der Waals surface area (Å²) in [5.74, 6) is 0.0664. The number of nitrogens with two attached hydrogens (primary N) is 1. The molecule has 3 rings (SSSR count). The van der Waals surface area contributed by atoms with Crippen molar-refractivity contribution in [2.24, 2.45) is 11.7 Å². The molecule has 1 aliphatic rings. The average Bonchev–Trinajstić information content (AvgIpc) is 2.75. The lowest BCUT2D eigenvalue weighted by Gasteiger charge is -2.29. The third-order valence-corrected chi connectivity index (χ3v) is 5.69. The summed E-state index contributed by atoms with van der Waals surface area (Å²) < 4.78 is 0. The Bertz CT molecular complexity index is 890. The Kier molecular flexibility index (Phi) is 7.65. The zero-order valence-corrected chi connectivity index (χ0v) is 17.9. The molecule has 1 atom stereocenters. The van der Waals surface area contributed by atoms with Gasteiger partial charge in [0.15, 0.2) is 5.96 Å². The fourth-order valence-corrected chi connectivity index (χ4v) is 3.87. The van der Waals surface area contributed by atoms with E-state index in [1.54, 1.807) is 24.3 Å². The number of hydrogen-bond donors (Lipinski definition) is 5. The quantitative estimate of drug-likeness (QED) is 0.349. The van der Waals surface area contributed by atoms with Crippen LogP contribution in [-0.4, -0.2) is 29.9 Å². The van der Waals surface area contributed by atoms with Gasteiger partial charge in [-0.05, 0) is 61.4 Å². The van der Waals surface area contributed by atoms with Gasteiger partial charge in [0.25, 0.3) is 5.91 Å². The van der Waals surface area contributed by atoms with E-state index in [0.717, 1.165) is 31.2 Å². The highest BCUT2D eigenvalue weighted by atomic mass is 16.2. The number of rotatable bonds is 7. The maximum atomic E-state index is 13.1. The molecule has 164 valence electrons. The minimum Gasteiger partial charge on any atom is -0.370 e. The lowest BCUT2D eigenvalue weighted by Crippen LogP contribution is -2.51. The van der Waals surface area contributed by atoms with Crippen molar-refractivity contribution < 1.29 is 9.59 Å². The molecular weight excluding hydrogens is 390 g/mol. The molecule has 1 fully saturated rings. The summed E-state index contributed by atoms with van der Waals surface area (Å²) in [5, 5.41) is 16.0. The topological polar surface area (TPSA) is 120 Å². The molecule has 0 unspecified atom stereocenters. The fraction of sp³-hybridized carbons (Fsp3) is 0.375. The second-order valence-electron chi connectivity index (χ2n) is 8.30. The Morgan fingerprint density at radius 3 is 2.29 bits per heavy atom. The second-order valence-corrected chi connectivity index (χ2v) is 8.30. The largest absolute Gasteiger partial charge is 0.370 e. The Morgan fingerprint density at radius 1 is 1.03 bits per heavy atom. The van der Waals surface area contributed by atoms with Gasteiger partial charge in [-0.3, -0.25) is 15.0 Å². The van der Waals surface area contributed by atoms with Crippen molar-refractivity contribution in [1.29, 1.82) is 5.41 Å². The van der Waals surface area contributed by atoms with Crippen LogP contribution in [0.4, 0.5) is 5.69 Å². The summed E-state index contributed by atoms with van der Waals surface area (Å²) in [5.41, 5.74) is 7.37. The maximum absolute atomic E-state index is 13.1. The van der Waals surface area contributed by atoms with Gasteiger partial charge in [0.05, 0.1) is 0 Å². The molecule has 6 N–H and O–H groups in total. The summed E-state index contributed by atoms with van der Waals surface area (Å²) in [6, 6.07) is 15.8. The van der Waals surface area contributed by atoms with Crippen LogP contribution in [0, 0.1) is 11.3 Å². The average molecular weight is 422 g/mol. The van der Waals surface area contributed by atoms with Crippen LogP contribution in [0.25, 0.3) is 0 Å². The predicted octanol–water partition coefficient (Wildman–Crippen LogP) is 3.03. The van der Waals surface area contributed by atoms with E-state index < -0.39 is 6.04 Å². The van der Waals surface area contributed by atoms with Crippen LogP contribution < -0.4 is 21.7 Å². The first-order valence-electron chi connectivity index (χ1n) is 10.8. The van der Waals surface area contributed by atoms with Crippen molar-refractivity contribution in [2.75, 3.05) is 5.32 Å². The number of nitrogens with one attached hydrogen (secondary N) is 4. The van der Waals surface area contributed by atoms with Crippen LogP contribution in [0.2, 0.25) is 0 Å². The van der Waals surface area contributed by atoms with E-state index in [1.807, 2.05) is 30.3 Å². The summed E-state index contributed by atoms with van der Waals surface area (Å²) >= 11 is 0. The van der Waals surface area contributed by atoms with Gasteiger partial charge in [-0.15, -0.1) is 0 Å². The summed E-state index contributed by atoms with van der Waals surface area (Å²) in [6.07, 6.45) is 4.60. The first kappa shape index (κ1) is 22.3. The van der Waals surface area contributed by atoms with Gasteiger partial charge < -0.3 is 21.7 Å². The van der Waals surface area contributed by atoms with Crippen molar-refractivity contribution in [1.82, 2.24) is 10.6 Å². The molecule has 2 aromatic carbocycles. The van der Waals surface area contributed by atoms with Crippen LogP contribution in [0.3, 0.4) is 0 Å². The third-order valence-electron chi connectivity index (χ3n) is 5.69. The molecule has 2 aromatic rings. The standard InChI is InChI=1S/C24H31N5O2/c1-16-7-11-19(12-8-16)27-23(31)21(15-17-5-3-2-4-6-17)29-22(30)18-9-13-20(14-10-18)28-24(25)26/h2-6,9-10,13-14,16,19,21H,7-8,11-12,15H2,1H3,(H,27,31)(H,29,30)(H4,25,26,28)/t16?,19?,21-/m0/s1. The second kappa shape index (κ2) is 10.6. The van der Waals surface area contributed by atoms with Crippen molar-refractivity contribution in [3.05, 3.63) is 65.7 Å². The molecule has 1 aliphatic carbocycles. The number of hydrogen-bond acceptors (Lipinski definition) is 3. The third kappa shape index (κ3) is 6.84. The van der Waals surface area contributed by atoms with Crippen molar-refractivity contribution in [2.45, 2.75) is 51.1 Å². The number of guanidine groups is 1. The van der Waals surface area contributed by atoms with E-state index in [-0.39, 0.29) is 23.8 Å². The Hall–Kier alpha value is -3.35. The first-order valence-corrected chi connectivity index (χ1v) is 10.8. The molecule has 0 heterocycles. The van der Waals surface area contributed by atoms with Gasteiger partial charge in [0.2, 0.25) is 5.91 Å².